The van der Waals surface area contributed by atoms with Gasteiger partial charge in [0.15, 0.2) is 0 Å². The van der Waals surface area contributed by atoms with E-state index >= 15 is 0 Å². The molecule has 19 heavy (non-hydrogen) atoms. The maximum absolute atomic E-state index is 5.99. The van der Waals surface area contributed by atoms with Crippen molar-refractivity contribution in [3.63, 3.8) is 0 Å². The van der Waals surface area contributed by atoms with Gasteiger partial charge in [0.05, 0.1) is 6.54 Å². The third-order valence-corrected chi connectivity index (χ3v) is 3.38. The van der Waals surface area contributed by atoms with Crippen LogP contribution >= 0.6 is 0 Å². The number of rotatable bonds is 2. The van der Waals surface area contributed by atoms with E-state index in [0.29, 0.717) is 0 Å². The molecule has 0 fully saturated rings. The van der Waals surface area contributed by atoms with Gasteiger partial charge in [-0.3, -0.25) is 4.90 Å². The summed E-state index contributed by atoms with van der Waals surface area (Å²) < 4.78 is 5.99. The van der Waals surface area contributed by atoms with E-state index < -0.39 is 0 Å². The quantitative estimate of drug-likeness (QED) is 0.898. The van der Waals surface area contributed by atoms with Crippen molar-refractivity contribution in [1.82, 2.24) is 14.9 Å². The summed E-state index contributed by atoms with van der Waals surface area (Å²) in [6.45, 7) is 6.88. The van der Waals surface area contributed by atoms with E-state index in [0.717, 1.165) is 31.2 Å². The Morgan fingerprint density at radius 1 is 1.47 bits per heavy atom. The Bertz CT molecular complexity index is 551. The van der Waals surface area contributed by atoms with Crippen molar-refractivity contribution in [2.75, 3.05) is 6.54 Å². The molecular weight excluding hydrogens is 238 g/mol. The number of hydrogen-bond donors (Lipinski definition) is 1. The van der Waals surface area contributed by atoms with E-state index in [1.807, 2.05) is 6.20 Å². The Balaban J connectivity index is 1.83. The maximum Gasteiger partial charge on any atom is 0.124 e. The van der Waals surface area contributed by atoms with Gasteiger partial charge in [0.1, 0.15) is 17.7 Å². The normalized spacial score (nSPS) is 19.6. The van der Waals surface area contributed by atoms with Crippen LogP contribution in [0.1, 0.15) is 23.9 Å². The second kappa shape index (κ2) is 5.05. The lowest BCUT2D eigenvalue weighted by Crippen LogP contribution is -2.30. The predicted octanol–water partition coefficient (Wildman–Crippen LogP) is 2.50. The molecule has 4 heteroatoms. The number of nitrogens with one attached hydrogen (secondary N) is 1. The molecule has 1 aromatic heterocycles. The number of aromatic nitrogens is 2. The van der Waals surface area contributed by atoms with Crippen molar-refractivity contribution < 1.29 is 4.74 Å². The number of H-pyrrole nitrogens is 1. The number of ether oxygens (including phenoxy) is 1. The summed E-state index contributed by atoms with van der Waals surface area (Å²) in [4.78, 5) is 9.83. The largest absolute Gasteiger partial charge is 0.489 e. The van der Waals surface area contributed by atoms with Gasteiger partial charge < -0.3 is 9.72 Å². The molecule has 0 saturated carbocycles. The summed E-state index contributed by atoms with van der Waals surface area (Å²) in [5, 5.41) is 0. The minimum Gasteiger partial charge on any atom is -0.489 e. The summed E-state index contributed by atoms with van der Waals surface area (Å²) in [5.41, 5.74) is 2.53. The fourth-order valence-electron chi connectivity index (χ4n) is 2.59. The Labute approximate surface area is 113 Å². The van der Waals surface area contributed by atoms with Crippen molar-refractivity contribution in [2.24, 2.45) is 0 Å². The van der Waals surface area contributed by atoms with Crippen LogP contribution in [0.25, 0.3) is 0 Å². The first-order valence-corrected chi connectivity index (χ1v) is 6.67. The van der Waals surface area contributed by atoms with E-state index in [1.165, 1.54) is 11.1 Å². The lowest BCUT2D eigenvalue weighted by molar-refractivity contribution is 0.154. The standard InChI is InChI=1S/C15H19N3O/c1-11-3-4-14-13(7-11)9-18(8-12(2)19-14)10-15-16-5-6-17-15/h3-7,12H,8-10H2,1-2H3,(H,16,17). The van der Waals surface area contributed by atoms with Crippen LogP contribution in [0.15, 0.2) is 30.6 Å². The predicted molar refractivity (Wildman–Crippen MR) is 74.0 cm³/mol. The molecule has 100 valence electrons. The molecule has 1 aliphatic heterocycles. The highest BCUT2D eigenvalue weighted by Gasteiger charge is 2.20. The third-order valence-electron chi connectivity index (χ3n) is 3.38. The van der Waals surface area contributed by atoms with E-state index in [2.05, 4.69) is 46.9 Å². The van der Waals surface area contributed by atoms with E-state index in [-0.39, 0.29) is 6.10 Å². The smallest absolute Gasteiger partial charge is 0.124 e. The van der Waals surface area contributed by atoms with Crippen molar-refractivity contribution in [1.29, 1.82) is 0 Å². The second-order valence-electron chi connectivity index (χ2n) is 5.25. The molecule has 4 nitrogen and oxygen atoms in total. The van der Waals surface area contributed by atoms with Gasteiger partial charge in [0, 0.05) is 31.0 Å². The molecule has 2 heterocycles. The van der Waals surface area contributed by atoms with Gasteiger partial charge in [-0.1, -0.05) is 17.7 Å². The lowest BCUT2D eigenvalue weighted by atomic mass is 10.1. The molecular formula is C15H19N3O. The summed E-state index contributed by atoms with van der Waals surface area (Å²) in [6, 6.07) is 6.40. The van der Waals surface area contributed by atoms with Crippen molar-refractivity contribution >= 4 is 0 Å². The Morgan fingerprint density at radius 2 is 2.37 bits per heavy atom. The molecule has 0 aliphatic carbocycles. The number of aromatic amines is 1. The third kappa shape index (κ3) is 2.79. The summed E-state index contributed by atoms with van der Waals surface area (Å²) in [5.74, 6) is 2.02. The lowest BCUT2D eigenvalue weighted by Gasteiger charge is -2.20. The van der Waals surface area contributed by atoms with E-state index in [4.69, 9.17) is 4.74 Å². The van der Waals surface area contributed by atoms with Crippen LogP contribution in [-0.4, -0.2) is 27.5 Å². The van der Waals surface area contributed by atoms with Crippen molar-refractivity contribution in [3.05, 3.63) is 47.5 Å². The number of imidazole rings is 1. The highest BCUT2D eigenvalue weighted by atomic mass is 16.5. The molecule has 3 rings (SSSR count). The van der Waals surface area contributed by atoms with Gasteiger partial charge in [-0.2, -0.15) is 0 Å². The van der Waals surface area contributed by atoms with Crippen LogP contribution in [0.5, 0.6) is 5.75 Å². The molecule has 0 saturated heterocycles. The van der Waals surface area contributed by atoms with Crippen LogP contribution in [0.4, 0.5) is 0 Å². The average Bonchev–Trinajstić information content (AvgIpc) is 2.79. The molecule has 1 unspecified atom stereocenters. The van der Waals surface area contributed by atoms with Crippen LogP contribution in [0.3, 0.4) is 0 Å². The second-order valence-corrected chi connectivity index (χ2v) is 5.25. The minimum absolute atomic E-state index is 0.193. The van der Waals surface area contributed by atoms with Gasteiger partial charge in [-0.15, -0.1) is 0 Å². The number of fused-ring (bicyclic) bond motifs is 1. The van der Waals surface area contributed by atoms with Crippen molar-refractivity contribution in [3.8, 4) is 5.75 Å². The highest BCUT2D eigenvalue weighted by Crippen LogP contribution is 2.26. The number of benzene rings is 1. The Kier molecular flexibility index (Phi) is 3.25. The summed E-state index contributed by atoms with van der Waals surface area (Å²) >= 11 is 0. The van der Waals surface area contributed by atoms with Gasteiger partial charge >= 0.3 is 0 Å². The fraction of sp³-hybridized carbons (Fsp3) is 0.400. The number of aryl methyl sites for hydroxylation is 1. The minimum atomic E-state index is 0.193. The molecule has 2 aromatic rings. The Hall–Kier alpha value is -1.81. The van der Waals surface area contributed by atoms with Crippen molar-refractivity contribution in [2.45, 2.75) is 33.0 Å². The maximum atomic E-state index is 5.99. The SMILES string of the molecule is Cc1ccc2c(c1)CN(Cc1ncc[nH]1)CC(C)O2. The zero-order chi connectivity index (χ0) is 13.2. The van der Waals surface area contributed by atoms with Crippen LogP contribution < -0.4 is 4.74 Å². The Morgan fingerprint density at radius 3 is 3.16 bits per heavy atom. The monoisotopic (exact) mass is 257 g/mol. The molecule has 0 spiro atoms. The first kappa shape index (κ1) is 12.2. The fourth-order valence-corrected chi connectivity index (χ4v) is 2.59. The number of nitrogens with zero attached hydrogens (tertiary/aromatic N) is 2. The highest BCUT2D eigenvalue weighted by molar-refractivity contribution is 5.37. The van der Waals surface area contributed by atoms with Gasteiger partial charge in [0.2, 0.25) is 0 Å². The number of hydrogen-bond acceptors (Lipinski definition) is 3. The van der Waals surface area contributed by atoms with E-state index in [1.54, 1.807) is 6.20 Å². The van der Waals surface area contributed by atoms with E-state index in [9.17, 15) is 0 Å². The average molecular weight is 257 g/mol. The molecule has 0 bridgehead atoms. The molecule has 1 atom stereocenters. The van der Waals surface area contributed by atoms with Crippen LogP contribution in [0.2, 0.25) is 0 Å². The molecule has 1 aliphatic rings. The first-order chi connectivity index (χ1) is 9.20. The van der Waals surface area contributed by atoms with Gasteiger partial charge in [0.25, 0.3) is 0 Å². The molecule has 0 radical (unpaired) electrons. The molecule has 0 amide bonds. The molecule has 1 aromatic carbocycles. The summed E-state index contributed by atoms with van der Waals surface area (Å²) in [7, 11) is 0. The molecule has 1 N–H and O–H groups in total. The van der Waals surface area contributed by atoms with Crippen LogP contribution in [-0.2, 0) is 13.1 Å². The van der Waals surface area contributed by atoms with Crippen LogP contribution in [0, 0.1) is 6.92 Å². The van der Waals surface area contributed by atoms with Gasteiger partial charge in [-0.05, 0) is 19.9 Å². The van der Waals surface area contributed by atoms with Gasteiger partial charge in [-0.25, -0.2) is 4.98 Å². The topological polar surface area (TPSA) is 41.2 Å². The zero-order valence-corrected chi connectivity index (χ0v) is 11.4. The zero-order valence-electron chi connectivity index (χ0n) is 11.4. The summed E-state index contributed by atoms with van der Waals surface area (Å²) in [6.07, 6.45) is 3.86. The first-order valence-electron chi connectivity index (χ1n) is 6.67.